The van der Waals surface area contributed by atoms with Crippen LogP contribution in [0.2, 0.25) is 0 Å². The van der Waals surface area contributed by atoms with Crippen LogP contribution in [0.5, 0.6) is 0 Å². The number of aromatic amines is 1. The number of carboxylic acid groups (broad SMARTS) is 1. The maximum atomic E-state index is 12.4. The molecule has 2 aromatic rings. The molecule has 0 bridgehead atoms. The molecular weight excluding hydrogens is 272 g/mol. The first kappa shape index (κ1) is 13.5. The number of carbonyl (C=O) groups excluding carboxylic acids is 1. The van der Waals surface area contributed by atoms with Gasteiger partial charge in [0.05, 0.1) is 0 Å². The predicted molar refractivity (Wildman–Crippen MR) is 74.8 cm³/mol. The van der Waals surface area contributed by atoms with Crippen molar-refractivity contribution in [3.8, 4) is 0 Å². The first-order valence-corrected chi connectivity index (χ1v) is 6.97. The number of fused-ring (bicyclic) bond motifs is 1. The Morgan fingerprint density at radius 3 is 2.57 bits per heavy atom. The van der Waals surface area contributed by atoms with Crippen molar-refractivity contribution in [2.45, 2.75) is 37.6 Å². The van der Waals surface area contributed by atoms with Gasteiger partial charge in [-0.1, -0.05) is 19.3 Å². The molecule has 0 saturated heterocycles. The fourth-order valence-corrected chi connectivity index (χ4v) is 2.82. The van der Waals surface area contributed by atoms with Crippen molar-refractivity contribution in [3.63, 3.8) is 0 Å². The van der Waals surface area contributed by atoms with Gasteiger partial charge in [0, 0.05) is 5.56 Å². The van der Waals surface area contributed by atoms with Gasteiger partial charge in [-0.3, -0.25) is 4.79 Å². The zero-order valence-electron chi connectivity index (χ0n) is 11.4. The fraction of sp³-hybridized carbons (Fsp3) is 0.429. The molecule has 0 atom stereocenters. The lowest BCUT2D eigenvalue weighted by molar-refractivity contribution is -0.145. The Bertz CT molecular complexity index is 688. The molecule has 7 heteroatoms. The van der Waals surface area contributed by atoms with Gasteiger partial charge in [-0.2, -0.15) is 15.4 Å². The molecule has 1 aliphatic rings. The van der Waals surface area contributed by atoms with Crippen LogP contribution >= 0.6 is 0 Å². The minimum atomic E-state index is -1.14. The Morgan fingerprint density at radius 2 is 1.86 bits per heavy atom. The number of aliphatic carboxylic acids is 1. The van der Waals surface area contributed by atoms with Crippen molar-refractivity contribution in [1.29, 1.82) is 0 Å². The zero-order valence-corrected chi connectivity index (χ0v) is 11.4. The number of carboxylic acids is 1. The van der Waals surface area contributed by atoms with Crippen LogP contribution in [0, 0.1) is 0 Å². The first-order chi connectivity index (χ1) is 10.1. The fourth-order valence-electron chi connectivity index (χ4n) is 2.82. The van der Waals surface area contributed by atoms with Crippen LogP contribution in [-0.4, -0.2) is 37.9 Å². The molecule has 110 valence electrons. The lowest BCUT2D eigenvalue weighted by atomic mass is 9.81. The minimum absolute atomic E-state index is 0.385. The van der Waals surface area contributed by atoms with E-state index in [2.05, 4.69) is 20.7 Å². The van der Waals surface area contributed by atoms with Gasteiger partial charge in [0.25, 0.3) is 5.91 Å². The molecule has 1 aromatic heterocycles. The number of hydrogen-bond donors (Lipinski definition) is 3. The number of aromatic nitrogens is 3. The van der Waals surface area contributed by atoms with Crippen molar-refractivity contribution in [2.75, 3.05) is 0 Å². The number of nitrogens with zero attached hydrogens (tertiary/aromatic N) is 2. The van der Waals surface area contributed by atoms with E-state index in [0.717, 1.165) is 19.3 Å². The third-order valence-corrected chi connectivity index (χ3v) is 4.05. The van der Waals surface area contributed by atoms with E-state index < -0.39 is 11.5 Å². The number of carbonyl (C=O) groups is 2. The lowest BCUT2D eigenvalue weighted by Crippen LogP contribution is -2.55. The predicted octanol–water partition coefficient (Wildman–Crippen LogP) is 1.48. The molecule has 0 unspecified atom stereocenters. The summed E-state index contributed by atoms with van der Waals surface area (Å²) in [6.45, 7) is 0. The molecule has 1 aromatic carbocycles. The Kier molecular flexibility index (Phi) is 3.32. The summed E-state index contributed by atoms with van der Waals surface area (Å²) < 4.78 is 0. The Labute approximate surface area is 120 Å². The van der Waals surface area contributed by atoms with E-state index >= 15 is 0 Å². The molecule has 21 heavy (non-hydrogen) atoms. The van der Waals surface area contributed by atoms with Crippen LogP contribution in [0.1, 0.15) is 42.5 Å². The van der Waals surface area contributed by atoms with Crippen molar-refractivity contribution in [3.05, 3.63) is 23.8 Å². The summed E-state index contributed by atoms with van der Waals surface area (Å²) in [5.41, 5.74) is 0.490. The van der Waals surface area contributed by atoms with E-state index in [9.17, 15) is 14.7 Å². The number of hydrogen-bond acceptors (Lipinski definition) is 4. The highest BCUT2D eigenvalue weighted by atomic mass is 16.4. The standard InChI is InChI=1S/C14H16N4O3/c19-12(9-4-5-10-11(8-9)17-18-16-10)15-14(13(20)21)6-2-1-3-7-14/h4-5,8H,1-3,6-7H2,(H,15,19)(H,20,21)(H,16,17,18). The number of rotatable bonds is 3. The van der Waals surface area contributed by atoms with Gasteiger partial charge in [-0.15, -0.1) is 0 Å². The average Bonchev–Trinajstić information content (AvgIpc) is 2.95. The van der Waals surface area contributed by atoms with Crippen molar-refractivity contribution >= 4 is 22.9 Å². The van der Waals surface area contributed by atoms with Crippen molar-refractivity contribution in [1.82, 2.24) is 20.7 Å². The molecule has 7 nitrogen and oxygen atoms in total. The highest BCUT2D eigenvalue weighted by molar-refractivity contribution is 6.00. The topological polar surface area (TPSA) is 108 Å². The quantitative estimate of drug-likeness (QED) is 0.792. The van der Waals surface area contributed by atoms with E-state index in [1.165, 1.54) is 0 Å². The number of H-pyrrole nitrogens is 1. The summed E-state index contributed by atoms with van der Waals surface area (Å²) in [5.74, 6) is -1.35. The molecular formula is C14H16N4O3. The SMILES string of the molecule is O=C(NC1(C(=O)O)CCCCC1)c1ccc2n[nH]nc2c1. The molecule has 3 rings (SSSR count). The normalized spacial score (nSPS) is 17.5. The molecule has 1 amide bonds. The summed E-state index contributed by atoms with van der Waals surface area (Å²) in [7, 11) is 0. The number of benzene rings is 1. The first-order valence-electron chi connectivity index (χ1n) is 6.97. The van der Waals surface area contributed by atoms with Gasteiger partial charge >= 0.3 is 5.97 Å². The second-order valence-corrected chi connectivity index (χ2v) is 5.43. The Balaban J connectivity index is 1.85. The van der Waals surface area contributed by atoms with Gasteiger partial charge in [-0.05, 0) is 31.0 Å². The monoisotopic (exact) mass is 288 g/mol. The van der Waals surface area contributed by atoms with Gasteiger partial charge in [0.15, 0.2) is 0 Å². The van der Waals surface area contributed by atoms with Crippen LogP contribution in [0.15, 0.2) is 18.2 Å². The van der Waals surface area contributed by atoms with E-state index in [0.29, 0.717) is 29.4 Å². The zero-order chi connectivity index (χ0) is 14.9. The Hall–Kier alpha value is -2.44. The molecule has 3 N–H and O–H groups in total. The van der Waals surface area contributed by atoms with Crippen LogP contribution in [0.3, 0.4) is 0 Å². The number of nitrogens with one attached hydrogen (secondary N) is 2. The molecule has 0 spiro atoms. The second kappa shape index (κ2) is 5.16. The maximum Gasteiger partial charge on any atom is 0.329 e. The molecule has 1 saturated carbocycles. The second-order valence-electron chi connectivity index (χ2n) is 5.43. The highest BCUT2D eigenvalue weighted by Gasteiger charge is 2.41. The van der Waals surface area contributed by atoms with Crippen molar-refractivity contribution in [2.24, 2.45) is 0 Å². The smallest absolute Gasteiger partial charge is 0.329 e. The maximum absolute atomic E-state index is 12.4. The summed E-state index contributed by atoms with van der Waals surface area (Å²) in [5, 5.41) is 22.5. The molecule has 1 aliphatic carbocycles. The number of amides is 1. The van der Waals surface area contributed by atoms with E-state index in [1.807, 2.05) is 0 Å². The van der Waals surface area contributed by atoms with Gasteiger partial charge in [0.1, 0.15) is 16.6 Å². The molecule has 1 fully saturated rings. The Morgan fingerprint density at radius 1 is 1.14 bits per heavy atom. The van der Waals surface area contributed by atoms with Gasteiger partial charge in [0.2, 0.25) is 0 Å². The highest BCUT2D eigenvalue weighted by Crippen LogP contribution is 2.29. The minimum Gasteiger partial charge on any atom is -0.480 e. The average molecular weight is 288 g/mol. The third kappa shape index (κ3) is 2.46. The lowest BCUT2D eigenvalue weighted by Gasteiger charge is -2.33. The van der Waals surface area contributed by atoms with E-state index in [4.69, 9.17) is 0 Å². The van der Waals surface area contributed by atoms with Gasteiger partial charge in [-0.25, -0.2) is 4.79 Å². The van der Waals surface area contributed by atoms with Crippen LogP contribution in [0.4, 0.5) is 0 Å². The van der Waals surface area contributed by atoms with E-state index in [-0.39, 0.29) is 5.91 Å². The molecule has 1 heterocycles. The van der Waals surface area contributed by atoms with Gasteiger partial charge < -0.3 is 10.4 Å². The molecule has 0 aliphatic heterocycles. The van der Waals surface area contributed by atoms with Crippen LogP contribution < -0.4 is 5.32 Å². The van der Waals surface area contributed by atoms with Crippen molar-refractivity contribution < 1.29 is 14.7 Å². The molecule has 0 radical (unpaired) electrons. The van der Waals surface area contributed by atoms with Crippen LogP contribution in [0.25, 0.3) is 11.0 Å². The van der Waals surface area contributed by atoms with E-state index in [1.54, 1.807) is 18.2 Å². The third-order valence-electron chi connectivity index (χ3n) is 4.05. The summed E-state index contributed by atoms with van der Waals surface area (Å²) in [4.78, 5) is 23.9. The summed E-state index contributed by atoms with van der Waals surface area (Å²) >= 11 is 0. The largest absolute Gasteiger partial charge is 0.480 e. The summed E-state index contributed by atoms with van der Waals surface area (Å²) in [6.07, 6.45) is 3.58. The van der Waals surface area contributed by atoms with Crippen LogP contribution in [-0.2, 0) is 4.79 Å². The summed E-state index contributed by atoms with van der Waals surface area (Å²) in [6, 6.07) is 4.91.